The molecule has 2 aromatic carbocycles. The maximum Gasteiger partial charge on any atom is 0.297 e. The first-order valence-electron chi connectivity index (χ1n) is 11.0. The molecule has 3 aromatic rings. The highest BCUT2D eigenvalue weighted by molar-refractivity contribution is 5.90. The van der Waals surface area contributed by atoms with E-state index in [1.165, 1.54) is 5.56 Å². The summed E-state index contributed by atoms with van der Waals surface area (Å²) in [5.41, 5.74) is 2.75. The number of pyridine rings is 1. The SMILES string of the molecule is CC=C(CC)Oc1c(OCCCC)c(=O)n(C)c2cc(NCc3ccccc3)ccc12. The van der Waals surface area contributed by atoms with Crippen LogP contribution in [0.25, 0.3) is 10.9 Å². The van der Waals surface area contributed by atoms with Crippen molar-refractivity contribution in [3.63, 3.8) is 0 Å². The lowest BCUT2D eigenvalue weighted by atomic mass is 10.1. The molecule has 5 nitrogen and oxygen atoms in total. The lowest BCUT2D eigenvalue weighted by molar-refractivity contribution is 0.284. The number of nitrogens with one attached hydrogen (secondary N) is 1. The minimum atomic E-state index is -0.189. The summed E-state index contributed by atoms with van der Waals surface area (Å²) >= 11 is 0. The zero-order valence-corrected chi connectivity index (χ0v) is 18.9. The van der Waals surface area contributed by atoms with Crippen molar-refractivity contribution in [1.29, 1.82) is 0 Å². The number of ether oxygens (including phenoxy) is 2. The smallest absolute Gasteiger partial charge is 0.297 e. The number of anilines is 1. The van der Waals surface area contributed by atoms with Gasteiger partial charge < -0.3 is 19.4 Å². The van der Waals surface area contributed by atoms with E-state index < -0.39 is 0 Å². The lowest BCUT2D eigenvalue weighted by Gasteiger charge is -2.18. The Bertz CT molecular complexity index is 1100. The van der Waals surface area contributed by atoms with Crippen LogP contribution in [0.2, 0.25) is 0 Å². The standard InChI is InChI=1S/C26H32N2O3/c1-5-8-16-30-25-24(31-21(6-2)7-3)22-15-14-20(17-23(22)28(4)26(25)29)27-18-19-12-10-9-11-13-19/h6,9-15,17,27H,5,7-8,16,18H2,1-4H3. The first kappa shape index (κ1) is 22.5. The Morgan fingerprint density at radius 3 is 2.55 bits per heavy atom. The molecule has 0 aliphatic carbocycles. The van der Waals surface area contributed by atoms with E-state index >= 15 is 0 Å². The molecule has 0 aliphatic rings. The third-order valence-corrected chi connectivity index (χ3v) is 5.30. The Morgan fingerprint density at radius 1 is 1.10 bits per heavy atom. The van der Waals surface area contributed by atoms with E-state index in [0.717, 1.165) is 41.6 Å². The fourth-order valence-corrected chi connectivity index (χ4v) is 3.41. The van der Waals surface area contributed by atoms with E-state index in [0.29, 0.717) is 18.9 Å². The Kier molecular flexibility index (Phi) is 7.76. The summed E-state index contributed by atoms with van der Waals surface area (Å²) in [5.74, 6) is 1.58. The molecule has 0 spiro atoms. The van der Waals surface area contributed by atoms with E-state index in [4.69, 9.17) is 9.47 Å². The second-order valence-electron chi connectivity index (χ2n) is 7.51. The van der Waals surface area contributed by atoms with Gasteiger partial charge in [-0.2, -0.15) is 0 Å². The first-order chi connectivity index (χ1) is 15.1. The Balaban J connectivity index is 2.04. The van der Waals surface area contributed by atoms with Crippen molar-refractivity contribution in [3.05, 3.63) is 76.3 Å². The third kappa shape index (κ3) is 5.29. The van der Waals surface area contributed by atoms with Gasteiger partial charge in [0.15, 0.2) is 5.75 Å². The number of nitrogens with zero attached hydrogens (tertiary/aromatic N) is 1. The van der Waals surface area contributed by atoms with Crippen LogP contribution < -0.4 is 20.3 Å². The molecule has 31 heavy (non-hydrogen) atoms. The molecule has 0 fully saturated rings. The number of fused-ring (bicyclic) bond motifs is 1. The average Bonchev–Trinajstić information content (AvgIpc) is 2.81. The highest BCUT2D eigenvalue weighted by atomic mass is 16.5. The van der Waals surface area contributed by atoms with Gasteiger partial charge in [-0.05, 0) is 43.2 Å². The van der Waals surface area contributed by atoms with E-state index in [2.05, 4.69) is 24.4 Å². The quantitative estimate of drug-likeness (QED) is 0.322. The van der Waals surface area contributed by atoms with Gasteiger partial charge >= 0.3 is 0 Å². The summed E-state index contributed by atoms with van der Waals surface area (Å²) in [6.07, 6.45) is 4.54. The molecule has 1 heterocycles. The molecule has 3 rings (SSSR count). The first-order valence-corrected chi connectivity index (χ1v) is 11.0. The van der Waals surface area contributed by atoms with Gasteiger partial charge in [-0.3, -0.25) is 4.79 Å². The van der Waals surface area contributed by atoms with Gasteiger partial charge in [0.05, 0.1) is 17.9 Å². The number of hydrogen-bond acceptors (Lipinski definition) is 4. The van der Waals surface area contributed by atoms with Gasteiger partial charge in [0.2, 0.25) is 5.75 Å². The molecule has 0 unspecified atom stereocenters. The summed E-state index contributed by atoms with van der Waals surface area (Å²) in [5, 5.41) is 4.29. The highest BCUT2D eigenvalue weighted by Crippen LogP contribution is 2.35. The van der Waals surface area contributed by atoms with Crippen LogP contribution in [0.4, 0.5) is 5.69 Å². The second-order valence-corrected chi connectivity index (χ2v) is 7.51. The van der Waals surface area contributed by atoms with Crippen LogP contribution in [-0.2, 0) is 13.6 Å². The second kappa shape index (κ2) is 10.7. The predicted molar refractivity (Wildman–Crippen MR) is 128 cm³/mol. The molecule has 0 atom stereocenters. The number of rotatable bonds is 10. The highest BCUT2D eigenvalue weighted by Gasteiger charge is 2.19. The molecule has 1 aromatic heterocycles. The van der Waals surface area contributed by atoms with Crippen LogP contribution in [0.1, 0.15) is 45.6 Å². The molecular formula is C26H32N2O3. The van der Waals surface area contributed by atoms with Crippen LogP contribution in [0.5, 0.6) is 11.5 Å². The average molecular weight is 421 g/mol. The van der Waals surface area contributed by atoms with E-state index in [1.54, 1.807) is 11.6 Å². The van der Waals surface area contributed by atoms with Gasteiger partial charge in [-0.1, -0.05) is 50.6 Å². The third-order valence-electron chi connectivity index (χ3n) is 5.30. The fourth-order valence-electron chi connectivity index (χ4n) is 3.41. The number of aryl methyl sites for hydroxylation is 1. The van der Waals surface area contributed by atoms with Crippen LogP contribution in [0.15, 0.2) is 65.2 Å². The summed E-state index contributed by atoms with van der Waals surface area (Å²) < 4.78 is 13.8. The maximum atomic E-state index is 13.2. The van der Waals surface area contributed by atoms with E-state index in [-0.39, 0.29) is 11.3 Å². The van der Waals surface area contributed by atoms with Crippen molar-refractivity contribution in [2.75, 3.05) is 11.9 Å². The van der Waals surface area contributed by atoms with Crippen molar-refractivity contribution in [3.8, 4) is 11.5 Å². The van der Waals surface area contributed by atoms with Gasteiger partial charge in [0, 0.05) is 31.1 Å². The Hall–Kier alpha value is -3.21. The Labute approximate surface area is 184 Å². The van der Waals surface area contributed by atoms with Crippen molar-refractivity contribution in [2.45, 2.75) is 46.6 Å². The maximum absolute atomic E-state index is 13.2. The molecule has 0 saturated carbocycles. The molecule has 0 saturated heterocycles. The van der Waals surface area contributed by atoms with Gasteiger partial charge in [0.1, 0.15) is 0 Å². The normalized spacial score (nSPS) is 11.5. The fraction of sp³-hybridized carbons (Fsp3) is 0.346. The van der Waals surface area contributed by atoms with Crippen LogP contribution >= 0.6 is 0 Å². The van der Waals surface area contributed by atoms with Gasteiger partial charge in [-0.15, -0.1) is 0 Å². The van der Waals surface area contributed by atoms with Crippen molar-refractivity contribution >= 4 is 16.6 Å². The molecule has 0 radical (unpaired) electrons. The molecule has 1 N–H and O–H groups in total. The minimum Gasteiger partial charge on any atom is -0.485 e. The van der Waals surface area contributed by atoms with Crippen molar-refractivity contribution in [2.24, 2.45) is 7.05 Å². The lowest BCUT2D eigenvalue weighted by Crippen LogP contribution is -2.21. The van der Waals surface area contributed by atoms with Gasteiger partial charge in [0.25, 0.3) is 5.56 Å². The topological polar surface area (TPSA) is 52.5 Å². The number of unbranched alkanes of at least 4 members (excludes halogenated alkanes) is 1. The van der Waals surface area contributed by atoms with E-state index in [9.17, 15) is 4.79 Å². The molecule has 0 aliphatic heterocycles. The van der Waals surface area contributed by atoms with E-state index in [1.807, 2.05) is 56.3 Å². The summed E-state index contributed by atoms with van der Waals surface area (Å²) in [6, 6.07) is 16.2. The molecule has 0 bridgehead atoms. The molecule has 164 valence electrons. The Morgan fingerprint density at radius 2 is 1.87 bits per heavy atom. The molecule has 5 heteroatoms. The molecule has 0 amide bonds. The van der Waals surface area contributed by atoms with Crippen molar-refractivity contribution < 1.29 is 9.47 Å². The number of aromatic nitrogens is 1. The monoisotopic (exact) mass is 420 g/mol. The summed E-state index contributed by atoms with van der Waals surface area (Å²) in [4.78, 5) is 13.2. The van der Waals surface area contributed by atoms with Crippen molar-refractivity contribution in [1.82, 2.24) is 4.57 Å². The number of benzene rings is 2. The minimum absolute atomic E-state index is 0.189. The zero-order chi connectivity index (χ0) is 22.2. The number of allylic oxidation sites excluding steroid dienone is 2. The zero-order valence-electron chi connectivity index (χ0n) is 18.9. The predicted octanol–water partition coefficient (Wildman–Crippen LogP) is 6.02. The number of hydrogen-bond donors (Lipinski definition) is 1. The summed E-state index contributed by atoms with van der Waals surface area (Å²) in [7, 11) is 1.78. The van der Waals surface area contributed by atoms with Crippen LogP contribution in [0, 0.1) is 0 Å². The largest absolute Gasteiger partial charge is 0.485 e. The molecular weight excluding hydrogens is 388 g/mol. The van der Waals surface area contributed by atoms with Gasteiger partial charge in [-0.25, -0.2) is 0 Å². The summed E-state index contributed by atoms with van der Waals surface area (Å²) in [6.45, 7) is 7.26. The van der Waals surface area contributed by atoms with Crippen LogP contribution in [-0.4, -0.2) is 11.2 Å². The van der Waals surface area contributed by atoms with Crippen LogP contribution in [0.3, 0.4) is 0 Å².